The van der Waals surface area contributed by atoms with Crippen molar-refractivity contribution in [3.05, 3.63) is 23.8 Å². The molecule has 1 rings (SSSR count). The van der Waals surface area contributed by atoms with E-state index in [2.05, 4.69) is 10.5 Å². The van der Waals surface area contributed by atoms with Crippen LogP contribution in [0.1, 0.15) is 10.4 Å². The summed E-state index contributed by atoms with van der Waals surface area (Å²) in [6.07, 6.45) is 0. The van der Waals surface area contributed by atoms with E-state index in [0.29, 0.717) is 5.12 Å². The molecule has 17 heavy (non-hydrogen) atoms. The fraction of sp³-hybridized carbons (Fsp3) is 0. The first-order valence-corrected chi connectivity index (χ1v) is 4.43. The van der Waals surface area contributed by atoms with E-state index in [1.54, 1.807) is 0 Å². The zero-order chi connectivity index (χ0) is 13.0. The summed E-state index contributed by atoms with van der Waals surface area (Å²) in [5, 5.41) is 13.3. The first-order valence-electron chi connectivity index (χ1n) is 4.43. The standard InChI is InChI=1S/C8H13N7O2/c9-5-2-1-4(3-6(5)16)7(17)13-14-8(10)15(11)12/h1-3,16H,9,11-12H2,(H2,10,14)(H,13,17). The van der Waals surface area contributed by atoms with Crippen molar-refractivity contribution in [2.45, 2.75) is 0 Å². The molecule has 0 saturated carbocycles. The molecule has 1 amide bonds. The highest BCUT2D eigenvalue weighted by atomic mass is 16.3. The fourth-order valence-electron chi connectivity index (χ4n) is 0.915. The second-order valence-corrected chi connectivity index (χ2v) is 3.09. The average molecular weight is 239 g/mol. The normalized spacial score (nSPS) is 11.1. The largest absolute Gasteiger partial charge is 0.506 e. The van der Waals surface area contributed by atoms with Crippen LogP contribution in [-0.4, -0.2) is 22.1 Å². The molecule has 9 nitrogen and oxygen atoms in total. The Morgan fingerprint density at radius 3 is 2.59 bits per heavy atom. The number of carbonyl (C=O) groups is 1. The predicted molar refractivity (Wildman–Crippen MR) is 61.8 cm³/mol. The van der Waals surface area contributed by atoms with Gasteiger partial charge >= 0.3 is 0 Å². The molecule has 1 aromatic carbocycles. The first-order chi connectivity index (χ1) is 7.91. The molecule has 0 unspecified atom stereocenters. The van der Waals surface area contributed by atoms with Crippen molar-refractivity contribution in [3.63, 3.8) is 0 Å². The quantitative estimate of drug-likeness (QED) is 0.0863. The van der Waals surface area contributed by atoms with Crippen molar-refractivity contribution in [2.75, 3.05) is 5.73 Å². The average Bonchev–Trinajstić information content (AvgIpc) is 2.28. The van der Waals surface area contributed by atoms with Crippen LogP contribution in [0.5, 0.6) is 5.75 Å². The number of benzene rings is 1. The molecule has 0 atom stereocenters. The maximum Gasteiger partial charge on any atom is 0.271 e. The molecule has 0 radical (unpaired) electrons. The van der Waals surface area contributed by atoms with E-state index in [1.807, 2.05) is 0 Å². The maximum absolute atomic E-state index is 11.5. The van der Waals surface area contributed by atoms with E-state index in [4.69, 9.17) is 23.2 Å². The van der Waals surface area contributed by atoms with Crippen LogP contribution in [0.25, 0.3) is 0 Å². The Balaban J connectivity index is 2.77. The summed E-state index contributed by atoms with van der Waals surface area (Å²) < 4.78 is 0. The van der Waals surface area contributed by atoms with Crippen molar-refractivity contribution < 1.29 is 9.90 Å². The number of phenolic OH excluding ortho intramolecular Hbond substituents is 1. The van der Waals surface area contributed by atoms with Gasteiger partial charge in [0.1, 0.15) is 5.75 Å². The Kier molecular flexibility index (Phi) is 3.70. The molecule has 1 aromatic rings. The summed E-state index contributed by atoms with van der Waals surface area (Å²) in [4.78, 5) is 11.5. The summed E-state index contributed by atoms with van der Waals surface area (Å²) in [5.41, 5.74) is 13.0. The van der Waals surface area contributed by atoms with Crippen molar-refractivity contribution in [1.82, 2.24) is 10.5 Å². The minimum Gasteiger partial charge on any atom is -0.506 e. The van der Waals surface area contributed by atoms with Gasteiger partial charge in [0.2, 0.25) is 5.96 Å². The van der Waals surface area contributed by atoms with Crippen LogP contribution in [0.3, 0.4) is 0 Å². The van der Waals surface area contributed by atoms with Gasteiger partial charge in [-0.25, -0.2) is 22.2 Å². The molecule has 0 aromatic heterocycles. The molecular formula is C8H13N7O2. The summed E-state index contributed by atoms with van der Waals surface area (Å²) in [6, 6.07) is 3.99. The first kappa shape index (κ1) is 12.5. The van der Waals surface area contributed by atoms with Gasteiger partial charge in [-0.2, -0.15) is 0 Å². The highest BCUT2D eigenvalue weighted by Crippen LogP contribution is 2.20. The van der Waals surface area contributed by atoms with Crippen LogP contribution in [0.4, 0.5) is 5.69 Å². The monoisotopic (exact) mass is 239 g/mol. The molecule has 0 saturated heterocycles. The smallest absolute Gasteiger partial charge is 0.271 e. The number of hydrogen-bond donors (Lipinski definition) is 6. The minimum atomic E-state index is -0.592. The summed E-state index contributed by atoms with van der Waals surface area (Å²) >= 11 is 0. The van der Waals surface area contributed by atoms with Crippen molar-refractivity contribution in [2.24, 2.45) is 22.5 Å². The third-order valence-electron chi connectivity index (χ3n) is 1.83. The number of nitrogens with zero attached hydrogens (tertiary/aromatic N) is 2. The van der Waals surface area contributed by atoms with Crippen molar-refractivity contribution in [1.29, 1.82) is 0 Å². The van der Waals surface area contributed by atoms with Crippen LogP contribution in [0.15, 0.2) is 23.3 Å². The number of anilines is 1. The van der Waals surface area contributed by atoms with Gasteiger partial charge in [0.15, 0.2) is 0 Å². The Bertz CT molecular complexity index is 457. The molecule has 92 valence electrons. The molecule has 0 heterocycles. The number of amides is 1. The molecular weight excluding hydrogens is 226 g/mol. The van der Waals surface area contributed by atoms with E-state index in [9.17, 15) is 9.90 Å². The van der Waals surface area contributed by atoms with Gasteiger partial charge in [0, 0.05) is 5.56 Å². The molecule has 0 bridgehead atoms. The van der Waals surface area contributed by atoms with Gasteiger partial charge in [-0.1, -0.05) is 0 Å². The third-order valence-corrected chi connectivity index (χ3v) is 1.83. The Morgan fingerprint density at radius 2 is 2.06 bits per heavy atom. The SMILES string of the molecule is N/C(=N/NC(=O)c1ccc(N)c(O)c1)N(N)N. The van der Waals surface area contributed by atoms with E-state index in [-0.39, 0.29) is 23.0 Å². The molecule has 10 N–H and O–H groups in total. The van der Waals surface area contributed by atoms with Crippen molar-refractivity contribution >= 4 is 17.6 Å². The van der Waals surface area contributed by atoms with Gasteiger partial charge in [-0.05, 0) is 18.2 Å². The van der Waals surface area contributed by atoms with Crippen LogP contribution in [0, 0.1) is 0 Å². The number of guanidine groups is 1. The van der Waals surface area contributed by atoms with E-state index >= 15 is 0 Å². The molecule has 0 aliphatic rings. The Hall–Kier alpha value is -2.52. The molecule has 0 fully saturated rings. The number of nitrogens with one attached hydrogen (secondary N) is 1. The lowest BCUT2D eigenvalue weighted by molar-refractivity contribution is 0.0953. The van der Waals surface area contributed by atoms with E-state index in [0.717, 1.165) is 0 Å². The summed E-state index contributed by atoms with van der Waals surface area (Å²) in [7, 11) is 0. The Morgan fingerprint density at radius 1 is 1.41 bits per heavy atom. The molecule has 0 spiro atoms. The summed E-state index contributed by atoms with van der Waals surface area (Å²) in [5.74, 6) is 9.03. The van der Waals surface area contributed by atoms with Gasteiger partial charge in [0.05, 0.1) is 5.69 Å². The third kappa shape index (κ3) is 3.22. The molecule has 9 heteroatoms. The lowest BCUT2D eigenvalue weighted by Crippen LogP contribution is -2.48. The number of hydrogen-bond acceptors (Lipinski definition) is 6. The van der Waals surface area contributed by atoms with Crippen LogP contribution >= 0.6 is 0 Å². The number of aromatic hydroxyl groups is 1. The lowest BCUT2D eigenvalue weighted by atomic mass is 10.2. The number of hydrazone groups is 1. The lowest BCUT2D eigenvalue weighted by Gasteiger charge is -2.09. The fourth-order valence-corrected chi connectivity index (χ4v) is 0.915. The van der Waals surface area contributed by atoms with Gasteiger partial charge < -0.3 is 16.6 Å². The zero-order valence-corrected chi connectivity index (χ0v) is 8.79. The number of nitrogens with two attached hydrogens (primary N) is 4. The second kappa shape index (κ2) is 5.01. The maximum atomic E-state index is 11.5. The number of phenols is 1. The van der Waals surface area contributed by atoms with Gasteiger partial charge in [-0.3, -0.25) is 4.79 Å². The minimum absolute atomic E-state index is 0.161. The molecule has 0 aliphatic heterocycles. The predicted octanol–water partition coefficient (Wildman–Crippen LogP) is -2.02. The number of carbonyl (C=O) groups excluding carboxylic acids is 1. The van der Waals surface area contributed by atoms with E-state index in [1.165, 1.54) is 18.2 Å². The van der Waals surface area contributed by atoms with E-state index < -0.39 is 5.91 Å². The number of rotatable bonds is 2. The topological polar surface area (TPSA) is 169 Å². The van der Waals surface area contributed by atoms with Gasteiger partial charge in [-0.15, -0.1) is 5.10 Å². The summed E-state index contributed by atoms with van der Waals surface area (Å²) in [6.45, 7) is 0. The number of nitrogen functional groups attached to an aromatic ring is 1. The highest BCUT2D eigenvalue weighted by Gasteiger charge is 2.07. The number of hydrazine groups is 2. The Labute approximate surface area is 96.6 Å². The zero-order valence-electron chi connectivity index (χ0n) is 8.79. The second-order valence-electron chi connectivity index (χ2n) is 3.09. The van der Waals surface area contributed by atoms with Crippen LogP contribution < -0.4 is 28.6 Å². The molecule has 0 aliphatic carbocycles. The van der Waals surface area contributed by atoms with Crippen LogP contribution in [0.2, 0.25) is 0 Å². The highest BCUT2D eigenvalue weighted by molar-refractivity contribution is 5.95. The van der Waals surface area contributed by atoms with Gasteiger partial charge in [0.25, 0.3) is 5.91 Å². The van der Waals surface area contributed by atoms with Crippen LogP contribution in [-0.2, 0) is 0 Å². The van der Waals surface area contributed by atoms with Crippen molar-refractivity contribution in [3.8, 4) is 5.75 Å².